The van der Waals surface area contributed by atoms with E-state index in [4.69, 9.17) is 4.55 Å². The zero-order valence-corrected chi connectivity index (χ0v) is 7.20. The molecule has 0 atom stereocenters. The van der Waals surface area contributed by atoms with Crippen LogP contribution in [0, 0.1) is 10.8 Å². The molecule has 0 aliphatic carbocycles. The van der Waals surface area contributed by atoms with Crippen LogP contribution in [-0.2, 0) is 16.5 Å². The smallest absolute Gasteiger partial charge is 0.265 e. The van der Waals surface area contributed by atoms with Crippen LogP contribution in [0.1, 0.15) is 5.56 Å². The van der Waals surface area contributed by atoms with Crippen molar-refractivity contribution in [3.05, 3.63) is 22.4 Å². The SMILES string of the molecule is O=S(=O)(O)CCc1[c]s[c]c1. The Labute approximate surface area is 69.4 Å². The van der Waals surface area contributed by atoms with Crippen LogP contribution in [0.5, 0.6) is 0 Å². The van der Waals surface area contributed by atoms with Gasteiger partial charge in [0, 0.05) is 10.8 Å². The Hall–Kier alpha value is -0.390. The van der Waals surface area contributed by atoms with E-state index in [0.29, 0.717) is 6.42 Å². The molecule has 0 amide bonds. The fraction of sp³-hybridized carbons (Fsp3) is 0.333. The molecule has 0 unspecified atom stereocenters. The Morgan fingerprint density at radius 3 is 2.82 bits per heavy atom. The molecule has 1 aromatic rings. The van der Waals surface area contributed by atoms with Crippen LogP contribution in [-0.4, -0.2) is 18.7 Å². The van der Waals surface area contributed by atoms with E-state index in [9.17, 15) is 8.42 Å². The van der Waals surface area contributed by atoms with Gasteiger partial charge in [0.05, 0.1) is 5.75 Å². The summed E-state index contributed by atoms with van der Waals surface area (Å²) in [6.07, 6.45) is 0.304. The van der Waals surface area contributed by atoms with Crippen molar-refractivity contribution < 1.29 is 13.0 Å². The lowest BCUT2D eigenvalue weighted by atomic mass is 10.3. The molecule has 1 aromatic heterocycles. The Morgan fingerprint density at radius 1 is 1.64 bits per heavy atom. The van der Waals surface area contributed by atoms with E-state index in [2.05, 4.69) is 10.8 Å². The Bertz CT molecular complexity index is 299. The van der Waals surface area contributed by atoms with Crippen LogP contribution in [0.4, 0.5) is 0 Å². The third-order valence-electron chi connectivity index (χ3n) is 1.10. The predicted molar refractivity (Wildman–Crippen MR) is 42.1 cm³/mol. The van der Waals surface area contributed by atoms with Crippen LogP contribution in [0.2, 0.25) is 0 Å². The Morgan fingerprint density at radius 2 is 2.36 bits per heavy atom. The lowest BCUT2D eigenvalue weighted by Crippen LogP contribution is -2.05. The lowest BCUT2D eigenvalue weighted by Gasteiger charge is -1.92. The van der Waals surface area contributed by atoms with Gasteiger partial charge in [0.15, 0.2) is 0 Å². The van der Waals surface area contributed by atoms with Crippen LogP contribution >= 0.6 is 11.3 Å². The highest BCUT2D eigenvalue weighted by Gasteiger charge is 2.04. The molecule has 0 bridgehead atoms. The zero-order chi connectivity index (χ0) is 8.32. The largest absolute Gasteiger partial charge is 0.286 e. The number of hydrogen-bond acceptors (Lipinski definition) is 3. The van der Waals surface area contributed by atoms with Crippen molar-refractivity contribution in [2.24, 2.45) is 0 Å². The van der Waals surface area contributed by atoms with E-state index >= 15 is 0 Å². The van der Waals surface area contributed by atoms with E-state index in [1.165, 1.54) is 11.3 Å². The molecule has 0 aliphatic rings. The maximum Gasteiger partial charge on any atom is 0.265 e. The summed E-state index contributed by atoms with van der Waals surface area (Å²) in [7, 11) is -3.83. The van der Waals surface area contributed by atoms with Gasteiger partial charge in [-0.05, 0) is 18.1 Å². The van der Waals surface area contributed by atoms with Gasteiger partial charge in [-0.25, -0.2) is 0 Å². The number of rotatable bonds is 3. The zero-order valence-electron chi connectivity index (χ0n) is 5.57. The number of thiophene rings is 1. The summed E-state index contributed by atoms with van der Waals surface area (Å²) in [5.41, 5.74) is 0.771. The molecular weight excluding hydrogens is 184 g/mol. The maximum absolute atomic E-state index is 10.3. The van der Waals surface area contributed by atoms with Crippen molar-refractivity contribution in [3.8, 4) is 0 Å². The predicted octanol–water partition coefficient (Wildman–Crippen LogP) is 0.779. The molecule has 0 aliphatic heterocycles. The summed E-state index contributed by atoms with van der Waals surface area (Å²) in [4.78, 5) is 0. The highest BCUT2D eigenvalue weighted by Crippen LogP contribution is 2.05. The van der Waals surface area contributed by atoms with Crippen molar-refractivity contribution >= 4 is 21.5 Å². The summed E-state index contributed by atoms with van der Waals surface area (Å²) >= 11 is 1.26. The van der Waals surface area contributed by atoms with Crippen LogP contribution in [0.15, 0.2) is 6.07 Å². The highest BCUT2D eigenvalue weighted by atomic mass is 32.2. The molecule has 0 spiro atoms. The van der Waals surface area contributed by atoms with Gasteiger partial charge in [-0.2, -0.15) is 8.42 Å². The first-order valence-corrected chi connectivity index (χ1v) is 5.32. The summed E-state index contributed by atoms with van der Waals surface area (Å²) < 4.78 is 28.9. The third-order valence-corrected chi connectivity index (χ3v) is 2.42. The van der Waals surface area contributed by atoms with Crippen molar-refractivity contribution in [2.45, 2.75) is 6.42 Å². The molecule has 2 radical (unpaired) electrons. The molecule has 1 N–H and O–H groups in total. The molecule has 0 aromatic carbocycles. The van der Waals surface area contributed by atoms with Gasteiger partial charge in [0.1, 0.15) is 0 Å². The van der Waals surface area contributed by atoms with Gasteiger partial charge >= 0.3 is 0 Å². The van der Waals surface area contributed by atoms with E-state index < -0.39 is 10.1 Å². The standard InChI is InChI=1S/C6H6O3S2/c7-11(8,9)4-2-6-1-3-10-5-6/h1H,2,4H2,(H,7,8,9). The molecule has 1 heterocycles. The molecule has 11 heavy (non-hydrogen) atoms. The van der Waals surface area contributed by atoms with Gasteiger partial charge in [-0.15, -0.1) is 11.3 Å². The topological polar surface area (TPSA) is 54.4 Å². The average molecular weight is 190 g/mol. The van der Waals surface area contributed by atoms with Gasteiger partial charge < -0.3 is 0 Å². The van der Waals surface area contributed by atoms with E-state index in [1.54, 1.807) is 6.07 Å². The Kier molecular flexibility index (Phi) is 2.64. The first kappa shape index (κ1) is 8.70. The molecule has 3 nitrogen and oxygen atoms in total. The highest BCUT2D eigenvalue weighted by molar-refractivity contribution is 7.85. The summed E-state index contributed by atoms with van der Waals surface area (Å²) in [6.45, 7) is 0. The van der Waals surface area contributed by atoms with Crippen molar-refractivity contribution in [1.82, 2.24) is 0 Å². The molecular formula is C6H6O3S2. The van der Waals surface area contributed by atoms with Gasteiger partial charge in [-0.1, -0.05) is 0 Å². The first-order chi connectivity index (χ1) is 5.08. The maximum atomic E-state index is 10.3. The minimum absolute atomic E-state index is 0.242. The van der Waals surface area contributed by atoms with Gasteiger partial charge in [0.2, 0.25) is 0 Å². The number of aryl methyl sites for hydroxylation is 1. The van der Waals surface area contributed by atoms with Crippen molar-refractivity contribution in [2.75, 3.05) is 5.75 Å². The first-order valence-electron chi connectivity index (χ1n) is 2.89. The van der Waals surface area contributed by atoms with Crippen LogP contribution < -0.4 is 0 Å². The average Bonchev–Trinajstić information content (AvgIpc) is 2.32. The third kappa shape index (κ3) is 3.50. The van der Waals surface area contributed by atoms with Crippen molar-refractivity contribution in [1.29, 1.82) is 0 Å². The monoisotopic (exact) mass is 190 g/mol. The second-order valence-corrected chi connectivity index (χ2v) is 4.24. The second-order valence-electron chi connectivity index (χ2n) is 2.03. The van der Waals surface area contributed by atoms with Crippen LogP contribution in [0.25, 0.3) is 0 Å². The van der Waals surface area contributed by atoms with E-state index in [-0.39, 0.29) is 5.75 Å². The molecule has 60 valence electrons. The summed E-state index contributed by atoms with van der Waals surface area (Å²) in [5.74, 6) is -0.242. The van der Waals surface area contributed by atoms with E-state index in [1.807, 2.05) is 0 Å². The van der Waals surface area contributed by atoms with Gasteiger partial charge in [-0.3, -0.25) is 4.55 Å². The molecule has 0 fully saturated rings. The van der Waals surface area contributed by atoms with Gasteiger partial charge in [0.25, 0.3) is 10.1 Å². The minimum atomic E-state index is -3.83. The summed E-state index contributed by atoms with van der Waals surface area (Å²) in [6, 6.07) is 1.66. The second kappa shape index (κ2) is 3.34. The lowest BCUT2D eigenvalue weighted by molar-refractivity contribution is 0.482. The van der Waals surface area contributed by atoms with Crippen LogP contribution in [0.3, 0.4) is 0 Å². The molecule has 0 saturated heterocycles. The fourth-order valence-electron chi connectivity index (χ4n) is 0.587. The summed E-state index contributed by atoms with van der Waals surface area (Å²) in [5, 5.41) is 5.60. The fourth-order valence-corrected chi connectivity index (χ4v) is 1.62. The molecule has 5 heteroatoms. The molecule has 1 rings (SSSR count). The van der Waals surface area contributed by atoms with Crippen molar-refractivity contribution in [3.63, 3.8) is 0 Å². The Balaban J connectivity index is 2.48. The number of hydrogen-bond donors (Lipinski definition) is 1. The normalized spacial score (nSPS) is 11.7. The quantitative estimate of drug-likeness (QED) is 0.716. The minimum Gasteiger partial charge on any atom is -0.286 e. The molecule has 0 saturated carbocycles. The van der Waals surface area contributed by atoms with E-state index in [0.717, 1.165) is 5.56 Å².